The molecule has 1 unspecified atom stereocenters. The van der Waals surface area contributed by atoms with Crippen molar-refractivity contribution in [3.05, 3.63) is 59.7 Å². The van der Waals surface area contributed by atoms with Crippen molar-refractivity contribution in [2.75, 3.05) is 0 Å². The van der Waals surface area contributed by atoms with Crippen LogP contribution in [-0.2, 0) is 17.5 Å². The molecule has 184 valence electrons. The molecule has 1 saturated carbocycles. The van der Waals surface area contributed by atoms with Crippen LogP contribution >= 0.6 is 0 Å². The second-order valence-electron chi connectivity index (χ2n) is 9.09. The minimum absolute atomic E-state index is 0.126. The Labute approximate surface area is 197 Å². The fourth-order valence-electron chi connectivity index (χ4n) is 4.41. The van der Waals surface area contributed by atoms with E-state index >= 15 is 0 Å². The number of nitrogens with two attached hydrogens (primary N) is 1. The van der Waals surface area contributed by atoms with E-state index in [-0.39, 0.29) is 24.7 Å². The zero-order valence-corrected chi connectivity index (χ0v) is 18.8. The Bertz CT molecular complexity index is 965. The zero-order valence-electron chi connectivity index (χ0n) is 18.8. The molecule has 1 atom stereocenters. The number of alkyl halides is 3. The minimum Gasteiger partial charge on any atom is -0.480 e. The first-order valence-corrected chi connectivity index (χ1v) is 11.4. The van der Waals surface area contributed by atoms with Crippen LogP contribution in [0.15, 0.2) is 48.5 Å². The summed E-state index contributed by atoms with van der Waals surface area (Å²) in [5, 5.41) is 30.9. The largest absolute Gasteiger partial charge is 0.480 e. The van der Waals surface area contributed by atoms with Crippen LogP contribution in [0.2, 0.25) is 6.32 Å². The van der Waals surface area contributed by atoms with E-state index in [4.69, 9.17) is 15.8 Å². The highest BCUT2D eigenvalue weighted by Gasteiger charge is 2.48. The fraction of sp³-hybridized carbons (Fsp3) is 0.458. The number of carbonyl (C=O) groups is 1. The fourth-order valence-corrected chi connectivity index (χ4v) is 4.41. The number of carboxylic acids is 1. The molecule has 1 aliphatic carbocycles. The summed E-state index contributed by atoms with van der Waals surface area (Å²) in [6.45, 7) is 0.547. The van der Waals surface area contributed by atoms with Crippen LogP contribution in [-0.4, -0.2) is 39.8 Å². The second kappa shape index (κ2) is 10.9. The van der Waals surface area contributed by atoms with Crippen molar-refractivity contribution in [3.63, 3.8) is 0 Å². The molecule has 0 aromatic heterocycles. The first-order valence-electron chi connectivity index (χ1n) is 11.4. The molecule has 6 nitrogen and oxygen atoms in total. The molecular weight excluding hydrogens is 448 g/mol. The van der Waals surface area contributed by atoms with Crippen molar-refractivity contribution in [2.24, 2.45) is 11.7 Å². The van der Waals surface area contributed by atoms with Crippen LogP contribution < -0.4 is 11.1 Å². The number of nitrogens with one attached hydrogen (secondary N) is 1. The summed E-state index contributed by atoms with van der Waals surface area (Å²) >= 11 is 0. The molecule has 0 aliphatic heterocycles. The number of hydrogen-bond acceptors (Lipinski definition) is 5. The highest BCUT2D eigenvalue weighted by Crippen LogP contribution is 2.38. The van der Waals surface area contributed by atoms with Gasteiger partial charge in [-0.3, -0.25) is 4.79 Å². The molecule has 0 radical (unpaired) electrons. The lowest BCUT2D eigenvalue weighted by Gasteiger charge is -2.45. The smallest absolute Gasteiger partial charge is 0.451 e. The van der Waals surface area contributed by atoms with Crippen LogP contribution in [0.4, 0.5) is 13.2 Å². The standard InChI is InChI=1S/C24H30BF3N2O4/c26-24(27,28)19-8-6-17(7-9-19)18-5-3-4-16(12-18)15-30-21-13-20(14-21)23(29,22(31)32)10-1-2-11-25(33)34/h3-9,12,20-21,30,33-34H,1-2,10-11,13-15,29H2,(H,31,32)/t20-,21+,23?. The summed E-state index contributed by atoms with van der Waals surface area (Å²) in [5.74, 6) is -1.20. The summed E-state index contributed by atoms with van der Waals surface area (Å²) < 4.78 is 38.4. The van der Waals surface area contributed by atoms with Crippen molar-refractivity contribution in [1.29, 1.82) is 0 Å². The van der Waals surface area contributed by atoms with Crippen molar-refractivity contribution >= 4 is 13.1 Å². The van der Waals surface area contributed by atoms with Gasteiger partial charge in [0.05, 0.1) is 5.56 Å². The summed E-state index contributed by atoms with van der Waals surface area (Å²) in [6, 6.07) is 12.7. The van der Waals surface area contributed by atoms with Gasteiger partial charge in [0.2, 0.25) is 0 Å². The molecule has 0 heterocycles. The Kier molecular flexibility index (Phi) is 8.40. The Morgan fingerprint density at radius 2 is 1.74 bits per heavy atom. The summed E-state index contributed by atoms with van der Waals surface area (Å²) in [6.07, 6.45) is -1.64. The molecule has 34 heavy (non-hydrogen) atoms. The molecular formula is C24H30BF3N2O4. The average molecular weight is 478 g/mol. The molecule has 0 saturated heterocycles. The summed E-state index contributed by atoms with van der Waals surface area (Å²) in [4.78, 5) is 11.8. The molecule has 2 aromatic carbocycles. The summed E-state index contributed by atoms with van der Waals surface area (Å²) in [7, 11) is -1.40. The molecule has 3 rings (SSSR count). The van der Waals surface area contributed by atoms with E-state index < -0.39 is 30.4 Å². The molecule has 10 heteroatoms. The molecule has 1 aliphatic rings. The maximum Gasteiger partial charge on any atom is 0.451 e. The number of benzene rings is 2. The maximum absolute atomic E-state index is 12.8. The molecule has 0 bridgehead atoms. The first-order chi connectivity index (χ1) is 16.0. The highest BCUT2D eigenvalue weighted by atomic mass is 19.4. The molecule has 0 amide bonds. The lowest BCUT2D eigenvalue weighted by molar-refractivity contribution is -0.148. The third-order valence-electron chi connectivity index (χ3n) is 6.63. The van der Waals surface area contributed by atoms with Crippen LogP contribution in [0.3, 0.4) is 0 Å². The van der Waals surface area contributed by atoms with E-state index in [1.54, 1.807) is 0 Å². The summed E-state index contributed by atoms with van der Waals surface area (Å²) in [5.41, 5.74) is 6.70. The zero-order chi connectivity index (χ0) is 24.9. The van der Waals surface area contributed by atoms with Gasteiger partial charge in [0.25, 0.3) is 0 Å². The first kappa shape index (κ1) is 26.2. The Balaban J connectivity index is 1.52. The van der Waals surface area contributed by atoms with Crippen molar-refractivity contribution in [1.82, 2.24) is 5.32 Å². The van der Waals surface area contributed by atoms with Gasteiger partial charge in [-0.1, -0.05) is 43.2 Å². The third-order valence-corrected chi connectivity index (χ3v) is 6.63. The van der Waals surface area contributed by atoms with Gasteiger partial charge in [0.15, 0.2) is 0 Å². The van der Waals surface area contributed by atoms with E-state index in [0.29, 0.717) is 37.8 Å². The quantitative estimate of drug-likeness (QED) is 0.249. The van der Waals surface area contributed by atoms with Gasteiger partial charge in [-0.2, -0.15) is 13.2 Å². The SMILES string of the molecule is NC(CCCCB(O)O)(C(=O)O)[C@H]1C[C@@H](NCc2cccc(-c3ccc(C(F)(F)F)cc3)c2)C1. The van der Waals surface area contributed by atoms with Crippen molar-refractivity contribution < 1.29 is 33.1 Å². The van der Waals surface area contributed by atoms with Gasteiger partial charge in [-0.25, -0.2) is 0 Å². The van der Waals surface area contributed by atoms with Crippen molar-refractivity contribution in [3.8, 4) is 11.1 Å². The minimum atomic E-state index is -4.37. The van der Waals surface area contributed by atoms with Gasteiger partial charge in [0.1, 0.15) is 5.54 Å². The van der Waals surface area contributed by atoms with Crippen LogP contribution in [0, 0.1) is 5.92 Å². The van der Waals surface area contributed by atoms with Crippen LogP contribution in [0.5, 0.6) is 0 Å². The third kappa shape index (κ3) is 6.60. The monoisotopic (exact) mass is 478 g/mol. The number of carboxylic acid groups (broad SMARTS) is 1. The normalized spacial score (nSPS) is 19.8. The number of halogens is 3. The van der Waals surface area contributed by atoms with E-state index in [2.05, 4.69) is 5.32 Å². The van der Waals surface area contributed by atoms with Crippen LogP contribution in [0.25, 0.3) is 11.1 Å². The highest BCUT2D eigenvalue weighted by molar-refractivity contribution is 6.40. The number of rotatable bonds is 11. The molecule has 1 fully saturated rings. The predicted octanol–water partition coefficient (Wildman–Crippen LogP) is 3.67. The second-order valence-corrected chi connectivity index (χ2v) is 9.09. The Morgan fingerprint density at radius 3 is 2.32 bits per heavy atom. The molecule has 6 N–H and O–H groups in total. The number of aliphatic carboxylic acids is 1. The van der Waals surface area contributed by atoms with Gasteiger partial charge >= 0.3 is 19.3 Å². The molecule has 2 aromatic rings. The number of unbranched alkanes of at least 4 members (excludes halogenated alkanes) is 1. The van der Waals surface area contributed by atoms with Crippen molar-refractivity contribution in [2.45, 2.75) is 62.7 Å². The lowest BCUT2D eigenvalue weighted by atomic mass is 9.66. The van der Waals surface area contributed by atoms with Gasteiger partial charge in [-0.15, -0.1) is 0 Å². The van der Waals surface area contributed by atoms with Gasteiger partial charge in [0, 0.05) is 12.6 Å². The Hall–Kier alpha value is -2.40. The van der Waals surface area contributed by atoms with E-state index in [1.807, 2.05) is 24.3 Å². The van der Waals surface area contributed by atoms with E-state index in [1.165, 1.54) is 12.1 Å². The van der Waals surface area contributed by atoms with Gasteiger partial charge < -0.3 is 26.2 Å². The Morgan fingerprint density at radius 1 is 1.06 bits per heavy atom. The van der Waals surface area contributed by atoms with E-state index in [0.717, 1.165) is 23.3 Å². The van der Waals surface area contributed by atoms with E-state index in [9.17, 15) is 23.1 Å². The predicted molar refractivity (Wildman–Crippen MR) is 124 cm³/mol. The maximum atomic E-state index is 12.8. The van der Waals surface area contributed by atoms with Gasteiger partial charge in [-0.05, 0) is 66.4 Å². The van der Waals surface area contributed by atoms with Crippen LogP contribution in [0.1, 0.15) is 43.2 Å². The number of hydrogen-bond donors (Lipinski definition) is 5. The average Bonchev–Trinajstić information content (AvgIpc) is 2.75. The lowest BCUT2D eigenvalue weighted by Crippen LogP contribution is -2.61. The topological polar surface area (TPSA) is 116 Å². The molecule has 0 spiro atoms.